The maximum Gasteiger partial charge on any atom is 0.335 e. The molecule has 0 atom stereocenters. The van der Waals surface area contributed by atoms with E-state index in [1.807, 2.05) is 12.1 Å². The Kier molecular flexibility index (Phi) is 6.16. The van der Waals surface area contributed by atoms with Gasteiger partial charge in [0.25, 0.3) is 0 Å². The van der Waals surface area contributed by atoms with Gasteiger partial charge in [-0.15, -0.1) is 0 Å². The standard InChI is InChI=1S/C24H28F4/c1-3-4-17-5-7-18(8-6-17)19-9-11-20(12-10-19)21-13-15-22(16-14-21)24(27,28)23(2,25)26/h9-18H,3-8H2,1-2H3. The molecular formula is C24H28F4. The number of halogens is 4. The molecule has 2 aromatic rings. The van der Waals surface area contributed by atoms with Gasteiger partial charge in [-0.1, -0.05) is 68.3 Å². The van der Waals surface area contributed by atoms with Gasteiger partial charge in [-0.25, -0.2) is 0 Å². The molecule has 2 aromatic carbocycles. The number of hydrogen-bond acceptors (Lipinski definition) is 0. The molecule has 0 bridgehead atoms. The predicted molar refractivity (Wildman–Crippen MR) is 106 cm³/mol. The van der Waals surface area contributed by atoms with Gasteiger partial charge in [0.2, 0.25) is 0 Å². The molecule has 0 aliphatic heterocycles. The van der Waals surface area contributed by atoms with E-state index in [1.54, 1.807) is 0 Å². The van der Waals surface area contributed by atoms with Crippen molar-refractivity contribution in [2.45, 2.75) is 70.1 Å². The van der Waals surface area contributed by atoms with Crippen molar-refractivity contribution in [2.24, 2.45) is 5.92 Å². The van der Waals surface area contributed by atoms with Gasteiger partial charge in [-0.2, -0.15) is 17.6 Å². The van der Waals surface area contributed by atoms with Crippen LogP contribution in [0.2, 0.25) is 0 Å². The topological polar surface area (TPSA) is 0 Å². The second-order valence-corrected chi connectivity index (χ2v) is 8.17. The quantitative estimate of drug-likeness (QED) is 0.435. The molecule has 0 spiro atoms. The van der Waals surface area contributed by atoms with Gasteiger partial charge in [0, 0.05) is 12.5 Å². The van der Waals surface area contributed by atoms with Crippen LogP contribution < -0.4 is 0 Å². The summed E-state index contributed by atoms with van der Waals surface area (Å²) in [6, 6.07) is 13.4. The van der Waals surface area contributed by atoms with Crippen LogP contribution in [0.15, 0.2) is 48.5 Å². The largest absolute Gasteiger partial charge is 0.335 e. The smallest absolute Gasteiger partial charge is 0.200 e. The highest BCUT2D eigenvalue weighted by Crippen LogP contribution is 2.43. The molecule has 0 aromatic heterocycles. The van der Waals surface area contributed by atoms with E-state index >= 15 is 0 Å². The second kappa shape index (κ2) is 8.26. The Labute approximate surface area is 165 Å². The van der Waals surface area contributed by atoms with Crippen LogP contribution in [0, 0.1) is 5.92 Å². The van der Waals surface area contributed by atoms with Crippen molar-refractivity contribution in [1.29, 1.82) is 0 Å². The van der Waals surface area contributed by atoms with E-state index in [-0.39, 0.29) is 6.92 Å². The van der Waals surface area contributed by atoms with Crippen LogP contribution in [0.1, 0.15) is 69.4 Å². The highest BCUT2D eigenvalue weighted by molar-refractivity contribution is 5.64. The van der Waals surface area contributed by atoms with Crippen LogP contribution in [0.3, 0.4) is 0 Å². The number of rotatable bonds is 6. The van der Waals surface area contributed by atoms with Crippen molar-refractivity contribution in [3.63, 3.8) is 0 Å². The Morgan fingerprint density at radius 3 is 1.75 bits per heavy atom. The maximum absolute atomic E-state index is 13.8. The fourth-order valence-electron chi connectivity index (χ4n) is 4.27. The number of hydrogen-bond donors (Lipinski definition) is 0. The van der Waals surface area contributed by atoms with Crippen LogP contribution in [0.4, 0.5) is 17.6 Å². The van der Waals surface area contributed by atoms with E-state index in [9.17, 15) is 17.6 Å². The van der Waals surface area contributed by atoms with Crippen LogP contribution in [0.5, 0.6) is 0 Å². The lowest BCUT2D eigenvalue weighted by Gasteiger charge is -2.28. The average molecular weight is 392 g/mol. The van der Waals surface area contributed by atoms with Gasteiger partial charge < -0.3 is 0 Å². The minimum atomic E-state index is -4.17. The van der Waals surface area contributed by atoms with E-state index in [4.69, 9.17) is 0 Å². The highest BCUT2D eigenvalue weighted by atomic mass is 19.3. The van der Waals surface area contributed by atoms with Gasteiger partial charge in [-0.05, 0) is 54.2 Å². The summed E-state index contributed by atoms with van der Waals surface area (Å²) in [7, 11) is 0. The summed E-state index contributed by atoms with van der Waals surface area (Å²) in [5.74, 6) is -6.80. The molecule has 0 heterocycles. The molecule has 1 saturated carbocycles. The average Bonchev–Trinajstić information content (AvgIpc) is 2.68. The van der Waals surface area contributed by atoms with Crippen molar-refractivity contribution in [3.8, 4) is 11.1 Å². The zero-order valence-electron chi connectivity index (χ0n) is 16.5. The molecule has 0 saturated heterocycles. The summed E-state index contributed by atoms with van der Waals surface area (Å²) >= 11 is 0. The zero-order valence-corrected chi connectivity index (χ0v) is 16.5. The van der Waals surface area contributed by atoms with Crippen molar-refractivity contribution in [3.05, 3.63) is 59.7 Å². The van der Waals surface area contributed by atoms with Crippen molar-refractivity contribution in [2.75, 3.05) is 0 Å². The van der Waals surface area contributed by atoms with Gasteiger partial charge >= 0.3 is 11.8 Å². The molecule has 1 fully saturated rings. The Hall–Kier alpha value is -1.84. The Morgan fingerprint density at radius 1 is 0.786 bits per heavy atom. The SMILES string of the molecule is CCCC1CCC(c2ccc(-c3ccc(C(F)(F)C(C)(F)F)cc3)cc2)CC1. The second-order valence-electron chi connectivity index (χ2n) is 8.17. The van der Waals surface area contributed by atoms with E-state index < -0.39 is 17.4 Å². The Bertz CT molecular complexity index is 749. The first-order valence-electron chi connectivity index (χ1n) is 10.2. The van der Waals surface area contributed by atoms with E-state index in [1.165, 1.54) is 56.2 Å². The summed E-state index contributed by atoms with van der Waals surface area (Å²) in [4.78, 5) is 0. The molecule has 0 N–H and O–H groups in total. The van der Waals surface area contributed by atoms with Crippen molar-refractivity contribution in [1.82, 2.24) is 0 Å². The minimum absolute atomic E-state index is 0.245. The molecule has 4 heteroatoms. The van der Waals surface area contributed by atoms with Crippen LogP contribution in [-0.2, 0) is 5.92 Å². The molecule has 0 unspecified atom stereocenters. The van der Waals surface area contributed by atoms with Gasteiger partial charge in [-0.3, -0.25) is 0 Å². The first kappa shape index (κ1) is 20.9. The summed E-state index contributed by atoms with van der Waals surface area (Å²) in [5.41, 5.74) is 2.32. The van der Waals surface area contributed by atoms with E-state index in [0.717, 1.165) is 29.2 Å². The summed E-state index contributed by atoms with van der Waals surface area (Å²) < 4.78 is 53.9. The lowest BCUT2D eigenvalue weighted by molar-refractivity contribution is -0.204. The third-order valence-electron chi connectivity index (χ3n) is 6.06. The Morgan fingerprint density at radius 2 is 1.29 bits per heavy atom. The molecule has 152 valence electrons. The Balaban J connectivity index is 1.69. The van der Waals surface area contributed by atoms with Gasteiger partial charge in [0.15, 0.2) is 0 Å². The normalized spacial score (nSPS) is 20.9. The molecular weight excluding hydrogens is 364 g/mol. The van der Waals surface area contributed by atoms with Gasteiger partial charge in [0.1, 0.15) is 0 Å². The highest BCUT2D eigenvalue weighted by Gasteiger charge is 2.53. The van der Waals surface area contributed by atoms with Crippen LogP contribution >= 0.6 is 0 Å². The number of alkyl halides is 4. The molecule has 0 amide bonds. The third-order valence-corrected chi connectivity index (χ3v) is 6.06. The minimum Gasteiger partial charge on any atom is -0.200 e. The van der Waals surface area contributed by atoms with Crippen LogP contribution in [-0.4, -0.2) is 5.92 Å². The maximum atomic E-state index is 13.8. The van der Waals surface area contributed by atoms with Gasteiger partial charge in [0.05, 0.1) is 0 Å². The first-order valence-corrected chi connectivity index (χ1v) is 10.2. The third kappa shape index (κ3) is 4.42. The zero-order chi connectivity index (χ0) is 20.4. The fourth-order valence-corrected chi connectivity index (χ4v) is 4.27. The lowest BCUT2D eigenvalue weighted by Crippen LogP contribution is -2.34. The molecule has 0 nitrogen and oxygen atoms in total. The summed E-state index contributed by atoms with van der Waals surface area (Å²) in [6.45, 7) is 2.49. The van der Waals surface area contributed by atoms with Crippen molar-refractivity contribution < 1.29 is 17.6 Å². The molecule has 1 aliphatic carbocycles. The first-order chi connectivity index (χ1) is 13.2. The summed E-state index contributed by atoms with van der Waals surface area (Å²) in [5, 5.41) is 0. The molecule has 3 rings (SSSR count). The predicted octanol–water partition coefficient (Wildman–Crippen LogP) is 8.17. The monoisotopic (exact) mass is 392 g/mol. The summed E-state index contributed by atoms with van der Waals surface area (Å²) in [6.07, 6.45) is 7.60. The van der Waals surface area contributed by atoms with Crippen LogP contribution in [0.25, 0.3) is 11.1 Å². The molecule has 0 radical (unpaired) electrons. The number of benzene rings is 2. The molecule has 1 aliphatic rings. The van der Waals surface area contributed by atoms with E-state index in [0.29, 0.717) is 5.92 Å². The van der Waals surface area contributed by atoms with Crippen molar-refractivity contribution >= 4 is 0 Å². The fraction of sp³-hybridized carbons (Fsp3) is 0.500. The van der Waals surface area contributed by atoms with E-state index in [2.05, 4.69) is 19.1 Å². The lowest BCUT2D eigenvalue weighted by atomic mass is 9.77. The molecule has 28 heavy (non-hydrogen) atoms.